The molecule has 1 aromatic rings. The average Bonchev–Trinajstić information content (AvgIpc) is 2.37. The fraction of sp³-hybridized carbons (Fsp3) is 0.706. The summed E-state index contributed by atoms with van der Waals surface area (Å²) < 4.78 is 0. The number of amides is 1. The monoisotopic (exact) mass is 291 g/mol. The SMILES string of the molecule is CCCC(C)N(C(=O)CC(C)(C)C)c1ccnc(CC)n1. The lowest BCUT2D eigenvalue weighted by Gasteiger charge is -2.31. The van der Waals surface area contributed by atoms with E-state index >= 15 is 0 Å². The molecule has 0 saturated heterocycles. The first-order chi connectivity index (χ1) is 9.78. The van der Waals surface area contributed by atoms with E-state index in [1.165, 1.54) is 0 Å². The van der Waals surface area contributed by atoms with Crippen molar-refractivity contribution in [1.82, 2.24) is 9.97 Å². The van der Waals surface area contributed by atoms with Gasteiger partial charge in [-0.05, 0) is 24.8 Å². The van der Waals surface area contributed by atoms with E-state index in [2.05, 4.69) is 44.6 Å². The van der Waals surface area contributed by atoms with E-state index in [4.69, 9.17) is 0 Å². The number of aryl methyl sites for hydroxylation is 1. The van der Waals surface area contributed by atoms with Crippen LogP contribution in [0.3, 0.4) is 0 Å². The Kier molecular flexibility index (Phi) is 6.31. The van der Waals surface area contributed by atoms with Gasteiger partial charge in [0.05, 0.1) is 0 Å². The number of carbonyl (C=O) groups excluding carboxylic acids is 1. The Hall–Kier alpha value is -1.45. The zero-order chi connectivity index (χ0) is 16.0. The first kappa shape index (κ1) is 17.6. The van der Waals surface area contributed by atoms with Crippen LogP contribution in [0.5, 0.6) is 0 Å². The zero-order valence-electron chi connectivity index (χ0n) is 14.3. The Balaban J connectivity index is 3.09. The second kappa shape index (κ2) is 7.53. The number of aromatic nitrogens is 2. The van der Waals surface area contributed by atoms with Gasteiger partial charge in [-0.15, -0.1) is 0 Å². The van der Waals surface area contributed by atoms with Gasteiger partial charge in [-0.1, -0.05) is 41.0 Å². The Labute approximate surface area is 129 Å². The molecule has 1 aromatic heterocycles. The minimum absolute atomic E-state index is 0.0259. The summed E-state index contributed by atoms with van der Waals surface area (Å²) in [4.78, 5) is 23.4. The topological polar surface area (TPSA) is 46.1 Å². The maximum atomic E-state index is 12.7. The quantitative estimate of drug-likeness (QED) is 0.796. The molecule has 0 N–H and O–H groups in total. The molecule has 0 aromatic carbocycles. The van der Waals surface area contributed by atoms with E-state index in [1.807, 2.05) is 17.9 Å². The summed E-state index contributed by atoms with van der Waals surface area (Å²) in [6.07, 6.45) is 5.06. The molecule has 1 atom stereocenters. The molecule has 21 heavy (non-hydrogen) atoms. The van der Waals surface area contributed by atoms with Gasteiger partial charge in [0.25, 0.3) is 0 Å². The van der Waals surface area contributed by atoms with Gasteiger partial charge in [-0.2, -0.15) is 0 Å². The van der Waals surface area contributed by atoms with Gasteiger partial charge in [0.1, 0.15) is 11.6 Å². The minimum atomic E-state index is -0.0259. The van der Waals surface area contributed by atoms with Crippen LogP contribution in [0.1, 0.15) is 66.6 Å². The Morgan fingerprint density at radius 2 is 2.00 bits per heavy atom. The highest BCUT2D eigenvalue weighted by Gasteiger charge is 2.26. The Bertz CT molecular complexity index is 465. The summed E-state index contributed by atoms with van der Waals surface area (Å²) in [6, 6.07) is 2.00. The van der Waals surface area contributed by atoms with Crippen LogP contribution < -0.4 is 4.90 Å². The smallest absolute Gasteiger partial charge is 0.228 e. The van der Waals surface area contributed by atoms with Gasteiger partial charge in [-0.25, -0.2) is 9.97 Å². The average molecular weight is 291 g/mol. The van der Waals surface area contributed by atoms with Crippen molar-refractivity contribution in [3.05, 3.63) is 18.1 Å². The van der Waals surface area contributed by atoms with Gasteiger partial charge < -0.3 is 0 Å². The fourth-order valence-corrected chi connectivity index (χ4v) is 2.38. The van der Waals surface area contributed by atoms with Crippen molar-refractivity contribution < 1.29 is 4.79 Å². The van der Waals surface area contributed by atoms with Crippen LogP contribution in [0, 0.1) is 5.41 Å². The highest BCUT2D eigenvalue weighted by Crippen LogP contribution is 2.24. The second-order valence-electron chi connectivity index (χ2n) is 6.82. The summed E-state index contributed by atoms with van der Waals surface area (Å²) in [5, 5.41) is 0. The van der Waals surface area contributed by atoms with E-state index in [1.54, 1.807) is 6.20 Å². The van der Waals surface area contributed by atoms with E-state index in [0.29, 0.717) is 6.42 Å². The second-order valence-corrected chi connectivity index (χ2v) is 6.82. The fourth-order valence-electron chi connectivity index (χ4n) is 2.38. The van der Waals surface area contributed by atoms with E-state index < -0.39 is 0 Å². The first-order valence-corrected chi connectivity index (χ1v) is 7.92. The van der Waals surface area contributed by atoms with Crippen molar-refractivity contribution in [3.63, 3.8) is 0 Å². The van der Waals surface area contributed by atoms with Crippen LogP contribution >= 0.6 is 0 Å². The number of carbonyl (C=O) groups is 1. The standard InChI is InChI=1S/C17H29N3O/c1-7-9-13(3)20(16(21)12-17(4,5)6)15-10-11-18-14(8-2)19-15/h10-11,13H,7-9,12H2,1-6H3. The summed E-state index contributed by atoms with van der Waals surface area (Å²) in [5.74, 6) is 1.66. The van der Waals surface area contributed by atoms with Gasteiger partial charge in [0.15, 0.2) is 0 Å². The molecule has 118 valence electrons. The van der Waals surface area contributed by atoms with Crippen molar-refractivity contribution in [3.8, 4) is 0 Å². The maximum absolute atomic E-state index is 12.7. The van der Waals surface area contributed by atoms with Crippen LogP contribution in [0.25, 0.3) is 0 Å². The predicted octanol–water partition coefficient (Wildman–Crippen LogP) is 4.00. The molecule has 0 saturated carbocycles. The lowest BCUT2D eigenvalue weighted by molar-refractivity contribution is -0.120. The van der Waals surface area contributed by atoms with Crippen molar-refractivity contribution in [2.45, 2.75) is 73.3 Å². The summed E-state index contributed by atoms with van der Waals surface area (Å²) >= 11 is 0. The van der Waals surface area contributed by atoms with Crippen LogP contribution in [0.2, 0.25) is 0 Å². The lowest BCUT2D eigenvalue weighted by Crippen LogP contribution is -2.41. The van der Waals surface area contributed by atoms with Crippen molar-refractivity contribution in [2.24, 2.45) is 5.41 Å². The number of anilines is 1. The van der Waals surface area contributed by atoms with Gasteiger partial charge in [0.2, 0.25) is 5.91 Å². The molecule has 1 unspecified atom stereocenters. The molecule has 4 nitrogen and oxygen atoms in total. The number of hydrogen-bond acceptors (Lipinski definition) is 3. The molecule has 1 rings (SSSR count). The molecule has 0 aliphatic heterocycles. The first-order valence-electron chi connectivity index (χ1n) is 7.92. The van der Waals surface area contributed by atoms with Crippen LogP contribution in [0.4, 0.5) is 5.82 Å². The molecular weight excluding hydrogens is 262 g/mol. The molecule has 0 spiro atoms. The molecular formula is C17H29N3O. The third-order valence-corrected chi connectivity index (χ3v) is 3.35. The normalized spacial score (nSPS) is 13.0. The minimum Gasteiger partial charge on any atom is -0.294 e. The summed E-state index contributed by atoms with van der Waals surface area (Å²) in [6.45, 7) is 12.5. The third kappa shape index (κ3) is 5.44. The van der Waals surface area contributed by atoms with Crippen LogP contribution in [-0.2, 0) is 11.2 Å². The largest absolute Gasteiger partial charge is 0.294 e. The lowest BCUT2D eigenvalue weighted by atomic mass is 9.91. The molecule has 0 fully saturated rings. The van der Waals surface area contributed by atoms with E-state index in [0.717, 1.165) is 30.9 Å². The van der Waals surface area contributed by atoms with Crippen molar-refractivity contribution in [2.75, 3.05) is 4.90 Å². The maximum Gasteiger partial charge on any atom is 0.228 e. The summed E-state index contributed by atoms with van der Waals surface area (Å²) in [5.41, 5.74) is -0.0259. The molecule has 0 aliphatic rings. The van der Waals surface area contributed by atoms with Gasteiger partial charge >= 0.3 is 0 Å². The predicted molar refractivity (Wildman–Crippen MR) is 87.3 cm³/mol. The van der Waals surface area contributed by atoms with Crippen LogP contribution in [-0.4, -0.2) is 21.9 Å². The Morgan fingerprint density at radius 1 is 1.33 bits per heavy atom. The number of nitrogens with zero attached hydrogens (tertiary/aromatic N) is 3. The third-order valence-electron chi connectivity index (χ3n) is 3.35. The van der Waals surface area contributed by atoms with E-state index in [9.17, 15) is 4.79 Å². The molecule has 0 aliphatic carbocycles. The van der Waals surface area contributed by atoms with E-state index in [-0.39, 0.29) is 17.4 Å². The van der Waals surface area contributed by atoms with Crippen molar-refractivity contribution in [1.29, 1.82) is 0 Å². The molecule has 0 radical (unpaired) electrons. The van der Waals surface area contributed by atoms with Crippen LogP contribution in [0.15, 0.2) is 12.3 Å². The number of hydrogen-bond donors (Lipinski definition) is 0. The van der Waals surface area contributed by atoms with Gasteiger partial charge in [-0.3, -0.25) is 9.69 Å². The summed E-state index contributed by atoms with van der Waals surface area (Å²) in [7, 11) is 0. The molecule has 4 heteroatoms. The zero-order valence-corrected chi connectivity index (χ0v) is 14.3. The molecule has 1 heterocycles. The molecule has 1 amide bonds. The highest BCUT2D eigenvalue weighted by atomic mass is 16.2. The molecule has 0 bridgehead atoms. The van der Waals surface area contributed by atoms with Gasteiger partial charge in [0, 0.05) is 25.1 Å². The highest BCUT2D eigenvalue weighted by molar-refractivity contribution is 5.93. The Morgan fingerprint density at radius 3 is 2.52 bits per heavy atom. The van der Waals surface area contributed by atoms with Crippen molar-refractivity contribution >= 4 is 11.7 Å². The number of rotatable bonds is 6.